The Balaban J connectivity index is 2.08. The van der Waals surface area contributed by atoms with Crippen LogP contribution in [0.25, 0.3) is 0 Å². The number of aliphatic imine (C=N–C) groups is 1. The van der Waals surface area contributed by atoms with Crippen molar-refractivity contribution in [1.82, 2.24) is 9.78 Å². The van der Waals surface area contributed by atoms with Crippen LogP contribution in [0.2, 0.25) is 19.6 Å². The lowest BCUT2D eigenvalue weighted by atomic mass is 10.2. The van der Waals surface area contributed by atoms with Gasteiger partial charge in [-0.25, -0.2) is 0 Å². The molecule has 1 aromatic carbocycles. The summed E-state index contributed by atoms with van der Waals surface area (Å²) in [6.07, 6.45) is 6.53. The van der Waals surface area contributed by atoms with E-state index < -0.39 is 8.32 Å². The molecule has 0 unspecified atom stereocenters. The molecule has 0 saturated heterocycles. The average molecular weight is 287 g/mol. The monoisotopic (exact) mass is 287 g/mol. The Morgan fingerprint density at radius 3 is 2.70 bits per heavy atom. The predicted octanol–water partition coefficient (Wildman–Crippen LogP) is 3.58. The molecule has 2 aromatic rings. The van der Waals surface area contributed by atoms with E-state index in [1.54, 1.807) is 4.68 Å². The lowest BCUT2D eigenvalue weighted by Gasteiger charge is -2.20. The van der Waals surface area contributed by atoms with E-state index in [0.29, 0.717) is 0 Å². The molecule has 1 aromatic heterocycles. The normalized spacial score (nSPS) is 12.0. The number of hydrogen-bond acceptors (Lipinski definition) is 3. The molecule has 0 atom stereocenters. The van der Waals surface area contributed by atoms with Gasteiger partial charge in [0.05, 0.1) is 6.20 Å². The zero-order valence-electron chi connectivity index (χ0n) is 12.5. The molecule has 0 amide bonds. The number of rotatable bonds is 5. The second-order valence-electron chi connectivity index (χ2n) is 5.72. The molecule has 0 fully saturated rings. The maximum atomic E-state index is 6.05. The van der Waals surface area contributed by atoms with Gasteiger partial charge in [0.1, 0.15) is 11.4 Å². The van der Waals surface area contributed by atoms with Crippen molar-refractivity contribution in [1.29, 1.82) is 0 Å². The molecular formula is C15H21N3OSi. The summed E-state index contributed by atoms with van der Waals surface area (Å²) < 4.78 is 7.85. The lowest BCUT2D eigenvalue weighted by molar-refractivity contribution is 0.559. The van der Waals surface area contributed by atoms with Crippen molar-refractivity contribution in [3.05, 3.63) is 42.2 Å². The van der Waals surface area contributed by atoms with Crippen molar-refractivity contribution in [2.75, 3.05) is 0 Å². The third kappa shape index (κ3) is 4.34. The van der Waals surface area contributed by atoms with Gasteiger partial charge in [-0.15, -0.1) is 0 Å². The lowest BCUT2D eigenvalue weighted by Crippen LogP contribution is -2.29. The number of para-hydroxylation sites is 2. The van der Waals surface area contributed by atoms with Gasteiger partial charge in [-0.2, -0.15) is 5.10 Å². The van der Waals surface area contributed by atoms with E-state index in [2.05, 4.69) is 29.7 Å². The molecule has 0 spiro atoms. The molecule has 0 bridgehead atoms. The van der Waals surface area contributed by atoms with E-state index in [1.807, 2.05) is 49.9 Å². The van der Waals surface area contributed by atoms with E-state index >= 15 is 0 Å². The first-order valence-electron chi connectivity index (χ1n) is 6.72. The van der Waals surface area contributed by atoms with Crippen LogP contribution < -0.4 is 4.43 Å². The van der Waals surface area contributed by atoms with Crippen molar-refractivity contribution in [2.45, 2.75) is 26.1 Å². The molecule has 2 rings (SSSR count). The minimum Gasteiger partial charge on any atom is -0.543 e. The molecule has 0 aliphatic heterocycles. The van der Waals surface area contributed by atoms with Crippen molar-refractivity contribution >= 4 is 20.2 Å². The Kier molecular flexibility index (Phi) is 4.39. The SMILES string of the molecule is Cn1cc(CC=Nc2ccccc2O[Si](C)(C)C)cn1. The summed E-state index contributed by atoms with van der Waals surface area (Å²) in [6, 6.07) is 7.92. The predicted molar refractivity (Wildman–Crippen MR) is 85.5 cm³/mol. The molecule has 4 nitrogen and oxygen atoms in total. The molecule has 0 aliphatic rings. The summed E-state index contributed by atoms with van der Waals surface area (Å²) in [4.78, 5) is 4.53. The highest BCUT2D eigenvalue weighted by molar-refractivity contribution is 6.70. The maximum Gasteiger partial charge on any atom is 0.242 e. The highest BCUT2D eigenvalue weighted by Crippen LogP contribution is 2.28. The second kappa shape index (κ2) is 6.05. The fourth-order valence-corrected chi connectivity index (χ4v) is 2.64. The minimum absolute atomic E-state index is 0.773. The van der Waals surface area contributed by atoms with Gasteiger partial charge in [0.2, 0.25) is 8.32 Å². The standard InChI is InChI=1S/C15H21N3OSi/c1-18-12-13(11-17-18)9-10-16-14-7-5-6-8-15(14)19-20(2,3)4/h5-8,10-12H,9H2,1-4H3. The van der Waals surface area contributed by atoms with Crippen LogP contribution in [0.3, 0.4) is 0 Å². The molecule has 5 heteroatoms. The summed E-state index contributed by atoms with van der Waals surface area (Å²) in [5.41, 5.74) is 2.04. The van der Waals surface area contributed by atoms with E-state index in [4.69, 9.17) is 4.43 Å². The molecule has 20 heavy (non-hydrogen) atoms. The largest absolute Gasteiger partial charge is 0.543 e. The molecule has 0 radical (unpaired) electrons. The van der Waals surface area contributed by atoms with E-state index in [0.717, 1.165) is 23.4 Å². The highest BCUT2D eigenvalue weighted by Gasteiger charge is 2.17. The molecule has 0 saturated carbocycles. The first-order valence-corrected chi connectivity index (χ1v) is 10.1. The van der Waals surface area contributed by atoms with Crippen LogP contribution in [0.1, 0.15) is 5.56 Å². The summed E-state index contributed by atoms with van der Waals surface area (Å²) in [5, 5.41) is 4.14. The van der Waals surface area contributed by atoms with Gasteiger partial charge >= 0.3 is 0 Å². The fraction of sp³-hybridized carbons (Fsp3) is 0.333. The van der Waals surface area contributed by atoms with E-state index in [9.17, 15) is 0 Å². The minimum atomic E-state index is -1.62. The molecule has 1 heterocycles. The second-order valence-corrected chi connectivity index (χ2v) is 10.1. The Morgan fingerprint density at radius 2 is 2.05 bits per heavy atom. The Morgan fingerprint density at radius 1 is 1.30 bits per heavy atom. The van der Waals surface area contributed by atoms with Gasteiger partial charge in [0.25, 0.3) is 0 Å². The third-order valence-electron chi connectivity index (χ3n) is 2.60. The zero-order valence-corrected chi connectivity index (χ0v) is 13.5. The smallest absolute Gasteiger partial charge is 0.242 e. The quantitative estimate of drug-likeness (QED) is 0.623. The van der Waals surface area contributed by atoms with E-state index in [-0.39, 0.29) is 0 Å². The Labute approximate surface area is 121 Å². The van der Waals surface area contributed by atoms with Gasteiger partial charge < -0.3 is 4.43 Å². The molecule has 106 valence electrons. The van der Waals surface area contributed by atoms with E-state index in [1.165, 1.54) is 0 Å². The first-order chi connectivity index (χ1) is 9.44. The number of benzene rings is 1. The van der Waals surface area contributed by atoms with Crippen LogP contribution in [0.4, 0.5) is 5.69 Å². The van der Waals surface area contributed by atoms with Gasteiger partial charge in [0, 0.05) is 25.9 Å². The topological polar surface area (TPSA) is 39.4 Å². The number of nitrogens with zero attached hydrogens (tertiary/aromatic N) is 3. The third-order valence-corrected chi connectivity index (χ3v) is 3.43. The van der Waals surface area contributed by atoms with Crippen LogP contribution in [0, 0.1) is 0 Å². The van der Waals surface area contributed by atoms with Crippen LogP contribution in [0.15, 0.2) is 41.7 Å². The average Bonchev–Trinajstić information content (AvgIpc) is 2.75. The summed E-state index contributed by atoms with van der Waals surface area (Å²) in [6.45, 7) is 6.51. The molecule has 0 N–H and O–H groups in total. The van der Waals surface area contributed by atoms with Gasteiger partial charge in [-0.1, -0.05) is 12.1 Å². The summed E-state index contributed by atoms with van der Waals surface area (Å²) >= 11 is 0. The maximum absolute atomic E-state index is 6.05. The van der Waals surface area contributed by atoms with Crippen LogP contribution >= 0.6 is 0 Å². The summed E-state index contributed by atoms with van der Waals surface area (Å²) in [5.74, 6) is 0.870. The van der Waals surface area contributed by atoms with Crippen molar-refractivity contribution in [3.63, 3.8) is 0 Å². The zero-order chi connectivity index (χ0) is 14.6. The number of aromatic nitrogens is 2. The first kappa shape index (κ1) is 14.5. The van der Waals surface area contributed by atoms with Crippen molar-refractivity contribution < 1.29 is 4.43 Å². The van der Waals surface area contributed by atoms with Crippen molar-refractivity contribution in [2.24, 2.45) is 12.0 Å². The fourth-order valence-electron chi connectivity index (χ4n) is 1.81. The molecule has 0 aliphatic carbocycles. The van der Waals surface area contributed by atoms with Crippen LogP contribution in [-0.2, 0) is 13.5 Å². The Hall–Kier alpha value is -1.88. The van der Waals surface area contributed by atoms with Gasteiger partial charge in [0.15, 0.2) is 0 Å². The number of hydrogen-bond donors (Lipinski definition) is 0. The van der Waals surface area contributed by atoms with Crippen LogP contribution in [0.5, 0.6) is 5.75 Å². The highest BCUT2D eigenvalue weighted by atomic mass is 28.4. The van der Waals surface area contributed by atoms with Crippen LogP contribution in [-0.4, -0.2) is 24.3 Å². The van der Waals surface area contributed by atoms with Gasteiger partial charge in [-0.3, -0.25) is 9.67 Å². The number of aryl methyl sites for hydroxylation is 1. The van der Waals surface area contributed by atoms with Gasteiger partial charge in [-0.05, 0) is 37.3 Å². The molecular weight excluding hydrogens is 266 g/mol. The summed E-state index contributed by atoms with van der Waals surface area (Å²) in [7, 11) is 0.298. The van der Waals surface area contributed by atoms with Crippen molar-refractivity contribution in [3.8, 4) is 5.75 Å². The Bertz CT molecular complexity index is 599.